The Morgan fingerprint density at radius 3 is 2.24 bits per heavy atom. The van der Waals surface area contributed by atoms with E-state index >= 15 is 0 Å². The van der Waals surface area contributed by atoms with Gasteiger partial charge in [-0.3, -0.25) is 5.01 Å². The van der Waals surface area contributed by atoms with E-state index < -0.39 is 10.0 Å². The lowest BCUT2D eigenvalue weighted by Gasteiger charge is -2.23. The van der Waals surface area contributed by atoms with Gasteiger partial charge in [-0.1, -0.05) is 18.2 Å². The van der Waals surface area contributed by atoms with Crippen LogP contribution in [0.1, 0.15) is 19.8 Å². The quantitative estimate of drug-likeness (QED) is 0.554. The molecule has 0 saturated carbocycles. The molecule has 1 rings (SSSR count). The molecule has 1 aromatic carbocycles. The van der Waals surface area contributed by atoms with Gasteiger partial charge >= 0.3 is 0 Å². The Morgan fingerprint density at radius 1 is 1.10 bits per heavy atom. The minimum absolute atomic E-state index is 0. The van der Waals surface area contributed by atoms with Crippen LogP contribution in [0.4, 0.5) is 5.69 Å². The highest BCUT2D eigenvalue weighted by Gasteiger charge is 2.14. The van der Waals surface area contributed by atoms with Gasteiger partial charge in [-0.25, -0.2) is 8.42 Å². The summed E-state index contributed by atoms with van der Waals surface area (Å²) < 4.78 is 24.1. The summed E-state index contributed by atoms with van der Waals surface area (Å²) in [6.07, 6.45) is 1.55. The van der Waals surface area contributed by atoms with E-state index in [9.17, 15) is 8.42 Å². The monoisotopic (exact) mass is 335 g/mol. The van der Waals surface area contributed by atoms with Crippen LogP contribution in [-0.4, -0.2) is 46.3 Å². The zero-order valence-corrected chi connectivity index (χ0v) is 14.6. The first-order valence-electron chi connectivity index (χ1n) is 6.92. The number of hydrazine groups is 1. The maximum Gasteiger partial charge on any atom is 0.228 e. The number of benzene rings is 1. The second-order valence-corrected chi connectivity index (χ2v) is 6.82. The maximum absolute atomic E-state index is 12.1. The molecular formula is C14H26ClN3O2S. The zero-order valence-electron chi connectivity index (χ0n) is 12.9. The maximum atomic E-state index is 12.1. The van der Waals surface area contributed by atoms with Crippen LogP contribution in [0.3, 0.4) is 0 Å². The predicted molar refractivity (Wildman–Crippen MR) is 91.4 cm³/mol. The standard InChI is InChI=1S/C14H25N3O2S.ClH/c1-4-17(14-10-6-5-7-11-14)15-20(18,19)13-9-8-12-16(2)3;/h5-7,10-11,15H,4,8-9,12-13H2,1-3H3;1H. The summed E-state index contributed by atoms with van der Waals surface area (Å²) in [7, 11) is 0.693. The van der Waals surface area contributed by atoms with Crippen molar-refractivity contribution in [1.82, 2.24) is 9.73 Å². The smallest absolute Gasteiger partial charge is 0.228 e. The van der Waals surface area contributed by atoms with E-state index in [1.807, 2.05) is 51.4 Å². The molecule has 1 N–H and O–H groups in total. The summed E-state index contributed by atoms with van der Waals surface area (Å²) in [5.74, 6) is 0.157. The molecule has 0 bridgehead atoms. The van der Waals surface area contributed by atoms with E-state index in [-0.39, 0.29) is 18.2 Å². The third-order valence-corrected chi connectivity index (χ3v) is 4.23. The van der Waals surface area contributed by atoms with E-state index in [1.54, 1.807) is 5.01 Å². The van der Waals surface area contributed by atoms with Gasteiger partial charge in [0.1, 0.15) is 0 Å². The normalized spacial score (nSPS) is 11.2. The predicted octanol–water partition coefficient (Wildman–Crippen LogP) is 2.11. The van der Waals surface area contributed by atoms with E-state index in [1.165, 1.54) is 0 Å². The first-order valence-corrected chi connectivity index (χ1v) is 8.57. The van der Waals surface area contributed by atoms with E-state index in [0.717, 1.165) is 18.7 Å². The number of hydrogen-bond donors (Lipinski definition) is 1. The third-order valence-electron chi connectivity index (χ3n) is 2.90. The summed E-state index contributed by atoms with van der Waals surface area (Å²) in [5.41, 5.74) is 0.854. The number of nitrogens with zero attached hydrogens (tertiary/aromatic N) is 2. The second-order valence-electron chi connectivity index (χ2n) is 5.00. The Kier molecular flexibility index (Phi) is 9.61. The third kappa shape index (κ3) is 8.26. The summed E-state index contributed by atoms with van der Waals surface area (Å²) in [5, 5.41) is 1.65. The Morgan fingerprint density at radius 2 is 1.71 bits per heavy atom. The lowest BCUT2D eigenvalue weighted by atomic mass is 10.3. The van der Waals surface area contributed by atoms with Gasteiger partial charge in [0.15, 0.2) is 0 Å². The molecule has 0 fully saturated rings. The lowest BCUT2D eigenvalue weighted by molar-refractivity contribution is 0.398. The van der Waals surface area contributed by atoms with Gasteiger partial charge < -0.3 is 4.90 Å². The van der Waals surface area contributed by atoms with Crippen molar-refractivity contribution in [1.29, 1.82) is 0 Å². The molecule has 0 amide bonds. The molecule has 7 heteroatoms. The second kappa shape index (κ2) is 10.00. The van der Waals surface area contributed by atoms with Crippen molar-refractivity contribution in [3.63, 3.8) is 0 Å². The van der Waals surface area contributed by atoms with Gasteiger partial charge in [-0.15, -0.1) is 17.2 Å². The molecule has 0 aliphatic carbocycles. The van der Waals surface area contributed by atoms with Crippen LogP contribution in [0.15, 0.2) is 30.3 Å². The summed E-state index contributed by atoms with van der Waals surface area (Å²) in [6.45, 7) is 3.41. The number of nitrogens with one attached hydrogen (secondary N) is 1. The molecule has 0 radical (unpaired) electrons. The molecule has 122 valence electrons. The molecule has 0 aliphatic rings. The van der Waals surface area contributed by atoms with Gasteiger partial charge in [-0.05, 0) is 52.5 Å². The van der Waals surface area contributed by atoms with Gasteiger partial charge in [0.05, 0.1) is 11.4 Å². The van der Waals surface area contributed by atoms with Crippen LogP contribution in [0.5, 0.6) is 0 Å². The van der Waals surface area contributed by atoms with Gasteiger partial charge in [0.25, 0.3) is 0 Å². The highest BCUT2D eigenvalue weighted by molar-refractivity contribution is 7.89. The van der Waals surface area contributed by atoms with E-state index in [4.69, 9.17) is 0 Å². The molecule has 21 heavy (non-hydrogen) atoms. The van der Waals surface area contributed by atoms with Crippen molar-refractivity contribution in [3.05, 3.63) is 30.3 Å². The fraction of sp³-hybridized carbons (Fsp3) is 0.571. The number of para-hydroxylation sites is 1. The van der Waals surface area contributed by atoms with Gasteiger partial charge in [0.2, 0.25) is 10.0 Å². The van der Waals surface area contributed by atoms with Crippen molar-refractivity contribution in [2.24, 2.45) is 0 Å². The Bertz CT molecular complexity index is 480. The SMILES string of the molecule is CCN(NS(=O)(=O)CCCCN(C)C)c1ccccc1.Cl. The molecule has 0 atom stereocenters. The zero-order chi connectivity index (χ0) is 15.0. The number of rotatable bonds is 9. The summed E-state index contributed by atoms with van der Waals surface area (Å²) in [6, 6.07) is 9.47. The van der Waals surface area contributed by atoms with Gasteiger partial charge in [-0.2, -0.15) is 0 Å². The molecule has 5 nitrogen and oxygen atoms in total. The minimum atomic E-state index is -3.28. The average molecular weight is 336 g/mol. The van der Waals surface area contributed by atoms with Crippen LogP contribution in [0.25, 0.3) is 0 Å². The molecule has 0 heterocycles. The molecule has 1 aromatic rings. The Balaban J connectivity index is 0.00000400. The fourth-order valence-corrected chi connectivity index (χ4v) is 3.09. The number of anilines is 1. The number of halogens is 1. The highest BCUT2D eigenvalue weighted by Crippen LogP contribution is 2.11. The topological polar surface area (TPSA) is 52.7 Å². The fourth-order valence-electron chi connectivity index (χ4n) is 1.84. The molecule has 0 aliphatic heterocycles. The lowest BCUT2D eigenvalue weighted by Crippen LogP contribution is -2.43. The van der Waals surface area contributed by atoms with E-state index in [0.29, 0.717) is 13.0 Å². The van der Waals surface area contributed by atoms with Crippen molar-refractivity contribution in [2.45, 2.75) is 19.8 Å². The largest absolute Gasteiger partial charge is 0.309 e. The highest BCUT2D eigenvalue weighted by atomic mass is 35.5. The first-order chi connectivity index (χ1) is 9.44. The van der Waals surface area contributed by atoms with Crippen LogP contribution in [0.2, 0.25) is 0 Å². The average Bonchev–Trinajstić information content (AvgIpc) is 2.42. The van der Waals surface area contributed by atoms with Crippen LogP contribution in [0, 0.1) is 0 Å². The molecule has 0 aromatic heterocycles. The summed E-state index contributed by atoms with van der Waals surface area (Å²) >= 11 is 0. The van der Waals surface area contributed by atoms with Crippen LogP contribution in [-0.2, 0) is 10.0 Å². The molecule has 0 spiro atoms. The van der Waals surface area contributed by atoms with Crippen LogP contribution < -0.4 is 9.84 Å². The van der Waals surface area contributed by atoms with Crippen molar-refractivity contribution in [2.75, 3.05) is 37.9 Å². The molecular weight excluding hydrogens is 310 g/mol. The molecule has 0 unspecified atom stereocenters. The summed E-state index contributed by atoms with van der Waals surface area (Å²) in [4.78, 5) is 4.70. The Hall–Kier alpha value is -0.820. The van der Waals surface area contributed by atoms with Crippen molar-refractivity contribution in [3.8, 4) is 0 Å². The Labute approximate surface area is 134 Å². The first kappa shape index (κ1) is 20.2. The minimum Gasteiger partial charge on any atom is -0.309 e. The van der Waals surface area contributed by atoms with E-state index in [2.05, 4.69) is 9.73 Å². The number of hydrogen-bond acceptors (Lipinski definition) is 4. The van der Waals surface area contributed by atoms with Gasteiger partial charge in [0, 0.05) is 6.54 Å². The van der Waals surface area contributed by atoms with Crippen molar-refractivity contribution < 1.29 is 8.42 Å². The number of unbranched alkanes of at least 4 members (excludes halogenated alkanes) is 1. The van der Waals surface area contributed by atoms with Crippen LogP contribution >= 0.6 is 12.4 Å². The van der Waals surface area contributed by atoms with Crippen molar-refractivity contribution >= 4 is 28.1 Å². The molecule has 0 saturated heterocycles. The number of sulfonamides is 1.